The topological polar surface area (TPSA) is 69.8 Å². The highest BCUT2D eigenvalue weighted by Crippen LogP contribution is 1.93. The van der Waals surface area contributed by atoms with E-state index in [1.807, 2.05) is 11.8 Å². The number of amides is 1. The lowest BCUT2D eigenvalue weighted by atomic mass is 10.3. The molecule has 0 saturated carbocycles. The first kappa shape index (κ1) is 13.4. The van der Waals surface area contributed by atoms with Gasteiger partial charge in [-0.3, -0.25) is 9.69 Å². The number of nitrogens with zero attached hydrogens (tertiary/aromatic N) is 2. The zero-order valence-electron chi connectivity index (χ0n) is 9.23. The number of likely N-dealkylation sites (N-methyl/N-ethyl adjacent to an activating group) is 2. The quantitative estimate of drug-likeness (QED) is 0.564. The molecule has 84 valence electrons. The summed E-state index contributed by atoms with van der Waals surface area (Å²) in [5.74, 6) is 0.0380. The second-order valence-corrected chi connectivity index (χ2v) is 3.51. The SMILES string of the molecule is CCN(CC(=O)N(C)C)CC(O)CN. The van der Waals surface area contributed by atoms with Gasteiger partial charge in [0.15, 0.2) is 0 Å². The molecule has 0 heterocycles. The van der Waals surface area contributed by atoms with Crippen molar-refractivity contribution >= 4 is 5.91 Å². The highest BCUT2D eigenvalue weighted by atomic mass is 16.3. The van der Waals surface area contributed by atoms with Gasteiger partial charge in [-0.25, -0.2) is 0 Å². The van der Waals surface area contributed by atoms with Crippen LogP contribution in [0, 0.1) is 0 Å². The summed E-state index contributed by atoms with van der Waals surface area (Å²) >= 11 is 0. The second kappa shape index (κ2) is 6.75. The van der Waals surface area contributed by atoms with Gasteiger partial charge in [-0.2, -0.15) is 0 Å². The Labute approximate surface area is 85.5 Å². The van der Waals surface area contributed by atoms with Crippen LogP contribution < -0.4 is 5.73 Å². The van der Waals surface area contributed by atoms with Crippen LogP contribution in [0.25, 0.3) is 0 Å². The highest BCUT2D eigenvalue weighted by Gasteiger charge is 2.13. The molecule has 14 heavy (non-hydrogen) atoms. The standard InChI is InChI=1S/C9H21N3O2/c1-4-12(6-8(13)5-10)7-9(14)11(2)3/h8,13H,4-7,10H2,1-3H3. The molecule has 3 N–H and O–H groups in total. The summed E-state index contributed by atoms with van der Waals surface area (Å²) in [6.45, 7) is 3.70. The highest BCUT2D eigenvalue weighted by molar-refractivity contribution is 5.77. The van der Waals surface area contributed by atoms with Crippen molar-refractivity contribution in [3.8, 4) is 0 Å². The number of carbonyl (C=O) groups excluding carboxylic acids is 1. The molecule has 0 aromatic rings. The molecule has 0 radical (unpaired) electrons. The summed E-state index contributed by atoms with van der Waals surface area (Å²) in [5.41, 5.74) is 5.29. The number of nitrogens with two attached hydrogens (primary N) is 1. The lowest BCUT2D eigenvalue weighted by molar-refractivity contribution is -0.130. The Hall–Kier alpha value is -0.650. The Morgan fingerprint density at radius 2 is 2.07 bits per heavy atom. The molecule has 0 aromatic carbocycles. The third kappa shape index (κ3) is 5.16. The fourth-order valence-corrected chi connectivity index (χ4v) is 1.01. The predicted octanol–water partition coefficient (Wildman–Crippen LogP) is -1.28. The van der Waals surface area contributed by atoms with Gasteiger partial charge in [0.05, 0.1) is 12.6 Å². The summed E-state index contributed by atoms with van der Waals surface area (Å²) in [7, 11) is 3.44. The molecule has 0 aromatic heterocycles. The maximum atomic E-state index is 11.4. The number of hydrogen-bond acceptors (Lipinski definition) is 4. The largest absolute Gasteiger partial charge is 0.390 e. The van der Waals surface area contributed by atoms with Crippen molar-refractivity contribution in [2.45, 2.75) is 13.0 Å². The van der Waals surface area contributed by atoms with Crippen molar-refractivity contribution in [2.24, 2.45) is 5.73 Å². The minimum atomic E-state index is -0.551. The molecule has 5 heteroatoms. The van der Waals surface area contributed by atoms with Gasteiger partial charge in [-0.15, -0.1) is 0 Å². The van der Waals surface area contributed by atoms with E-state index >= 15 is 0 Å². The van der Waals surface area contributed by atoms with E-state index in [9.17, 15) is 9.90 Å². The van der Waals surface area contributed by atoms with Crippen LogP contribution in [0.3, 0.4) is 0 Å². The summed E-state index contributed by atoms with van der Waals surface area (Å²) in [6, 6.07) is 0. The minimum absolute atomic E-state index is 0.0380. The zero-order valence-corrected chi connectivity index (χ0v) is 9.23. The third-order valence-electron chi connectivity index (χ3n) is 2.05. The molecule has 0 rings (SSSR count). The Balaban J connectivity index is 3.96. The molecule has 1 amide bonds. The van der Waals surface area contributed by atoms with Crippen LogP contribution in [0.15, 0.2) is 0 Å². The van der Waals surface area contributed by atoms with Crippen molar-refractivity contribution in [1.82, 2.24) is 9.80 Å². The number of rotatable bonds is 6. The first-order valence-corrected chi connectivity index (χ1v) is 4.81. The van der Waals surface area contributed by atoms with Gasteiger partial charge in [0.1, 0.15) is 0 Å². The van der Waals surface area contributed by atoms with Crippen LogP contribution in [0.5, 0.6) is 0 Å². The predicted molar refractivity (Wildman–Crippen MR) is 55.9 cm³/mol. The fraction of sp³-hybridized carbons (Fsp3) is 0.889. The molecule has 0 aliphatic heterocycles. The first-order valence-electron chi connectivity index (χ1n) is 4.81. The molecule has 5 nitrogen and oxygen atoms in total. The molecule has 0 aliphatic rings. The van der Waals surface area contributed by atoms with Gasteiger partial charge in [-0.05, 0) is 6.54 Å². The van der Waals surface area contributed by atoms with Gasteiger partial charge >= 0.3 is 0 Å². The van der Waals surface area contributed by atoms with Crippen LogP contribution in [-0.4, -0.2) is 67.2 Å². The Morgan fingerprint density at radius 3 is 2.43 bits per heavy atom. The number of aliphatic hydroxyl groups is 1. The smallest absolute Gasteiger partial charge is 0.236 e. The van der Waals surface area contributed by atoms with Gasteiger partial charge in [0.25, 0.3) is 0 Å². The van der Waals surface area contributed by atoms with Crippen molar-refractivity contribution in [2.75, 3.05) is 40.3 Å². The van der Waals surface area contributed by atoms with Crippen LogP contribution in [0.4, 0.5) is 0 Å². The van der Waals surface area contributed by atoms with E-state index in [4.69, 9.17) is 5.73 Å². The van der Waals surface area contributed by atoms with E-state index in [1.165, 1.54) is 4.90 Å². The van der Waals surface area contributed by atoms with Gasteiger partial charge in [-0.1, -0.05) is 6.92 Å². The van der Waals surface area contributed by atoms with Crippen molar-refractivity contribution < 1.29 is 9.90 Å². The van der Waals surface area contributed by atoms with E-state index in [1.54, 1.807) is 14.1 Å². The normalized spacial score (nSPS) is 13.0. The molecule has 0 saturated heterocycles. The number of carbonyl (C=O) groups is 1. The minimum Gasteiger partial charge on any atom is -0.390 e. The molecule has 0 spiro atoms. The summed E-state index contributed by atoms with van der Waals surface area (Å²) in [4.78, 5) is 14.8. The summed E-state index contributed by atoms with van der Waals surface area (Å²) in [6.07, 6.45) is -0.551. The van der Waals surface area contributed by atoms with Gasteiger partial charge < -0.3 is 15.7 Å². The fourth-order valence-electron chi connectivity index (χ4n) is 1.01. The Kier molecular flexibility index (Phi) is 6.44. The third-order valence-corrected chi connectivity index (χ3v) is 2.05. The molecule has 0 bridgehead atoms. The lowest BCUT2D eigenvalue weighted by Gasteiger charge is -2.23. The monoisotopic (exact) mass is 203 g/mol. The molecule has 1 atom stereocenters. The lowest BCUT2D eigenvalue weighted by Crippen LogP contribution is -2.42. The maximum absolute atomic E-state index is 11.4. The molecule has 0 fully saturated rings. The summed E-state index contributed by atoms with van der Waals surface area (Å²) < 4.78 is 0. The van der Waals surface area contributed by atoms with Crippen LogP contribution >= 0.6 is 0 Å². The number of hydrogen-bond donors (Lipinski definition) is 2. The Bertz CT molecular complexity index is 173. The van der Waals surface area contributed by atoms with Gasteiger partial charge in [0.2, 0.25) is 5.91 Å². The molecular weight excluding hydrogens is 182 g/mol. The van der Waals surface area contributed by atoms with Crippen molar-refractivity contribution in [1.29, 1.82) is 0 Å². The average molecular weight is 203 g/mol. The summed E-state index contributed by atoms with van der Waals surface area (Å²) in [5, 5.41) is 9.32. The van der Waals surface area contributed by atoms with E-state index in [-0.39, 0.29) is 12.5 Å². The maximum Gasteiger partial charge on any atom is 0.236 e. The van der Waals surface area contributed by atoms with Crippen molar-refractivity contribution in [3.05, 3.63) is 0 Å². The first-order chi connectivity index (χ1) is 6.51. The van der Waals surface area contributed by atoms with Gasteiger partial charge in [0, 0.05) is 27.2 Å². The van der Waals surface area contributed by atoms with E-state index in [0.29, 0.717) is 13.1 Å². The van der Waals surface area contributed by atoms with E-state index in [2.05, 4.69) is 0 Å². The number of aliphatic hydroxyl groups excluding tert-OH is 1. The Morgan fingerprint density at radius 1 is 1.50 bits per heavy atom. The zero-order chi connectivity index (χ0) is 11.1. The average Bonchev–Trinajstić information content (AvgIpc) is 2.16. The van der Waals surface area contributed by atoms with Crippen LogP contribution in [0.2, 0.25) is 0 Å². The van der Waals surface area contributed by atoms with Crippen molar-refractivity contribution in [3.63, 3.8) is 0 Å². The molecule has 0 aliphatic carbocycles. The molecule has 1 unspecified atom stereocenters. The second-order valence-electron chi connectivity index (χ2n) is 3.51. The van der Waals surface area contributed by atoms with Crippen LogP contribution in [0.1, 0.15) is 6.92 Å². The van der Waals surface area contributed by atoms with E-state index < -0.39 is 6.10 Å². The van der Waals surface area contributed by atoms with Crippen LogP contribution in [-0.2, 0) is 4.79 Å². The van der Waals surface area contributed by atoms with E-state index in [0.717, 1.165) is 6.54 Å². The molecular formula is C9H21N3O2.